The van der Waals surface area contributed by atoms with Crippen LogP contribution in [-0.2, 0) is 15.9 Å². The van der Waals surface area contributed by atoms with Crippen molar-refractivity contribution >= 4 is 28.7 Å². The van der Waals surface area contributed by atoms with Crippen molar-refractivity contribution in [3.8, 4) is 0 Å². The lowest BCUT2D eigenvalue weighted by atomic mass is 10.1. The Morgan fingerprint density at radius 3 is 2.90 bits per heavy atom. The maximum Gasteiger partial charge on any atom is 0.516 e. The Bertz CT molecular complexity index is 868. The van der Waals surface area contributed by atoms with E-state index in [2.05, 4.69) is 9.97 Å². The first kappa shape index (κ1) is 21.9. The molecule has 3 heterocycles. The second kappa shape index (κ2) is 8.94. The molecule has 6 nitrogen and oxygen atoms in total. The average Bonchev–Trinajstić information content (AvgIpc) is 3.03. The van der Waals surface area contributed by atoms with Crippen molar-refractivity contribution in [1.29, 1.82) is 0 Å². The van der Waals surface area contributed by atoms with Crippen molar-refractivity contribution in [3.63, 3.8) is 0 Å². The lowest BCUT2D eigenvalue weighted by Gasteiger charge is -2.29. The number of nitrogens with zero attached hydrogens (tertiary/aromatic N) is 3. The van der Waals surface area contributed by atoms with E-state index in [4.69, 9.17) is 21.1 Å². The van der Waals surface area contributed by atoms with Crippen molar-refractivity contribution in [2.24, 2.45) is 0 Å². The number of aryl methyl sites for hydroxylation is 1. The van der Waals surface area contributed by atoms with Crippen LogP contribution in [0.5, 0.6) is 0 Å². The summed E-state index contributed by atoms with van der Waals surface area (Å²) >= 11 is 6.34. The number of ether oxygens (including phenoxy) is 2. The van der Waals surface area contributed by atoms with Gasteiger partial charge in [0, 0.05) is 30.3 Å². The predicted octanol–water partition coefficient (Wildman–Crippen LogP) is 4.78. The van der Waals surface area contributed by atoms with E-state index in [0.717, 1.165) is 43.3 Å². The van der Waals surface area contributed by atoms with E-state index in [0.29, 0.717) is 23.8 Å². The van der Waals surface area contributed by atoms with Gasteiger partial charge in [0.05, 0.1) is 18.6 Å². The zero-order valence-electron chi connectivity index (χ0n) is 17.8. The number of carbonyl (C=O) groups is 1. The summed E-state index contributed by atoms with van der Waals surface area (Å²) in [5, 5.41) is 1.58. The standard InChI is InChI=1S/C22H31ClN3O3/c1-22(2,3)29-21(27)26(4)12-10-17(15-26)28-13-6-5-8-16-14-19(23)18-9-7-11-24-20(18)25-16/h7,9,11,14,17H,5-6,8,10,12-13,15H2,1-4H3/q+1/t17-,26?/m1/s1. The first-order valence-corrected chi connectivity index (χ1v) is 10.6. The molecule has 1 aliphatic heterocycles. The van der Waals surface area contributed by atoms with Crippen molar-refractivity contribution in [2.45, 2.75) is 58.2 Å². The summed E-state index contributed by atoms with van der Waals surface area (Å²) in [4.78, 5) is 21.3. The van der Waals surface area contributed by atoms with Gasteiger partial charge in [0.25, 0.3) is 0 Å². The summed E-state index contributed by atoms with van der Waals surface area (Å²) in [6.07, 6.45) is 5.28. The van der Waals surface area contributed by atoms with Gasteiger partial charge in [0.1, 0.15) is 18.2 Å². The summed E-state index contributed by atoms with van der Waals surface area (Å²) in [6.45, 7) is 7.80. The summed E-state index contributed by atoms with van der Waals surface area (Å²) < 4.78 is 11.9. The number of quaternary nitrogens is 1. The Morgan fingerprint density at radius 2 is 2.14 bits per heavy atom. The van der Waals surface area contributed by atoms with E-state index in [1.54, 1.807) is 6.20 Å². The third-order valence-corrected chi connectivity index (χ3v) is 5.47. The van der Waals surface area contributed by atoms with Crippen LogP contribution in [-0.4, -0.2) is 59.0 Å². The number of hydrogen-bond donors (Lipinski definition) is 0. The summed E-state index contributed by atoms with van der Waals surface area (Å²) in [7, 11) is 1.93. The van der Waals surface area contributed by atoms with E-state index in [9.17, 15) is 4.79 Å². The third-order valence-electron chi connectivity index (χ3n) is 5.15. The maximum absolute atomic E-state index is 12.5. The molecule has 2 aromatic rings. The Labute approximate surface area is 177 Å². The smallest absolute Gasteiger partial charge is 0.414 e. The third kappa shape index (κ3) is 5.87. The Hall–Kier alpha value is -1.76. The number of fused-ring (bicyclic) bond motifs is 1. The lowest BCUT2D eigenvalue weighted by Crippen LogP contribution is -2.50. The summed E-state index contributed by atoms with van der Waals surface area (Å²) in [5.41, 5.74) is 1.18. The number of aromatic nitrogens is 2. The highest BCUT2D eigenvalue weighted by atomic mass is 35.5. The van der Waals surface area contributed by atoms with Gasteiger partial charge < -0.3 is 9.47 Å². The second-order valence-electron chi connectivity index (χ2n) is 8.99. The van der Waals surface area contributed by atoms with Gasteiger partial charge in [-0.3, -0.25) is 0 Å². The number of halogens is 1. The fourth-order valence-corrected chi connectivity index (χ4v) is 3.86. The van der Waals surface area contributed by atoms with Crippen LogP contribution in [0, 0.1) is 0 Å². The molecule has 158 valence electrons. The van der Waals surface area contributed by atoms with Crippen LogP contribution in [0.4, 0.5) is 4.79 Å². The highest BCUT2D eigenvalue weighted by Gasteiger charge is 2.44. The quantitative estimate of drug-likeness (QED) is 0.497. The van der Waals surface area contributed by atoms with Gasteiger partial charge in [-0.15, -0.1) is 0 Å². The molecule has 1 unspecified atom stereocenters. The van der Waals surface area contributed by atoms with Gasteiger partial charge in [-0.2, -0.15) is 4.79 Å². The zero-order valence-corrected chi connectivity index (χ0v) is 18.5. The SMILES string of the molecule is CC(C)(C)OC(=O)[N+]1(C)CC[C@@H](OCCCCc2cc(Cl)c3cccnc3n2)C1. The molecule has 1 saturated heterocycles. The van der Waals surface area contributed by atoms with Crippen molar-refractivity contribution in [2.75, 3.05) is 26.7 Å². The molecule has 7 heteroatoms. The topological polar surface area (TPSA) is 61.3 Å². The number of carbonyl (C=O) groups excluding carboxylic acids is 1. The number of likely N-dealkylation sites (tertiary alicyclic amines) is 1. The Balaban J connectivity index is 1.41. The maximum atomic E-state index is 12.5. The van der Waals surface area contributed by atoms with Crippen LogP contribution in [0.1, 0.15) is 45.7 Å². The van der Waals surface area contributed by atoms with Crippen LogP contribution in [0.15, 0.2) is 24.4 Å². The molecule has 0 saturated carbocycles. The number of pyridine rings is 2. The number of hydrogen-bond acceptors (Lipinski definition) is 5. The van der Waals surface area contributed by atoms with E-state index in [-0.39, 0.29) is 16.7 Å². The molecule has 1 aliphatic rings. The van der Waals surface area contributed by atoms with Crippen molar-refractivity contribution in [3.05, 3.63) is 35.1 Å². The molecule has 3 rings (SSSR count). The van der Waals surface area contributed by atoms with Gasteiger partial charge in [0.2, 0.25) is 0 Å². The summed E-state index contributed by atoms with van der Waals surface area (Å²) in [5.74, 6) is 0. The number of amides is 1. The first-order chi connectivity index (χ1) is 13.7. The van der Waals surface area contributed by atoms with Crippen LogP contribution in [0.25, 0.3) is 11.0 Å². The fourth-order valence-electron chi connectivity index (χ4n) is 3.59. The van der Waals surface area contributed by atoms with Gasteiger partial charge in [0.15, 0.2) is 5.65 Å². The van der Waals surface area contributed by atoms with E-state index in [1.807, 2.05) is 46.0 Å². The molecule has 0 aliphatic carbocycles. The minimum Gasteiger partial charge on any atom is -0.414 e. The largest absolute Gasteiger partial charge is 0.516 e. The van der Waals surface area contributed by atoms with Crippen molar-refractivity contribution in [1.82, 2.24) is 9.97 Å². The molecule has 1 fully saturated rings. The van der Waals surface area contributed by atoms with Crippen LogP contribution >= 0.6 is 11.6 Å². The molecule has 0 radical (unpaired) electrons. The lowest BCUT2D eigenvalue weighted by molar-refractivity contribution is -0.827. The van der Waals surface area contributed by atoms with Crippen LogP contribution < -0.4 is 0 Å². The molecule has 0 bridgehead atoms. The molecular weight excluding hydrogens is 390 g/mol. The predicted molar refractivity (Wildman–Crippen MR) is 114 cm³/mol. The number of unbranched alkanes of at least 4 members (excludes halogenated alkanes) is 1. The Morgan fingerprint density at radius 1 is 1.34 bits per heavy atom. The van der Waals surface area contributed by atoms with Gasteiger partial charge >= 0.3 is 6.09 Å². The molecule has 2 atom stereocenters. The molecule has 1 amide bonds. The van der Waals surface area contributed by atoms with Crippen molar-refractivity contribution < 1.29 is 18.8 Å². The van der Waals surface area contributed by atoms with Gasteiger partial charge in [-0.05, 0) is 58.2 Å². The second-order valence-corrected chi connectivity index (χ2v) is 9.40. The van der Waals surface area contributed by atoms with E-state index < -0.39 is 5.60 Å². The highest BCUT2D eigenvalue weighted by Crippen LogP contribution is 2.24. The normalized spacial score (nSPS) is 22.2. The molecule has 0 aromatic carbocycles. The zero-order chi connectivity index (χ0) is 21.1. The molecule has 29 heavy (non-hydrogen) atoms. The van der Waals surface area contributed by atoms with E-state index in [1.165, 1.54) is 0 Å². The van der Waals surface area contributed by atoms with E-state index >= 15 is 0 Å². The first-order valence-electron chi connectivity index (χ1n) is 10.3. The number of likely N-dealkylation sites (N-methyl/N-ethyl adjacent to an activating group) is 1. The molecule has 0 N–H and O–H groups in total. The Kier molecular flexibility index (Phi) is 6.76. The van der Waals surface area contributed by atoms with Gasteiger partial charge in [-0.1, -0.05) is 11.6 Å². The van der Waals surface area contributed by atoms with Gasteiger partial charge in [-0.25, -0.2) is 14.5 Å². The minimum absolute atomic E-state index is 0.102. The minimum atomic E-state index is -0.466. The average molecular weight is 421 g/mol. The number of rotatable bonds is 6. The molecular formula is C22H31ClN3O3+. The highest BCUT2D eigenvalue weighted by molar-refractivity contribution is 6.35. The fraction of sp³-hybridized carbons (Fsp3) is 0.591. The molecule has 0 spiro atoms. The summed E-state index contributed by atoms with van der Waals surface area (Å²) in [6, 6.07) is 5.72. The van der Waals surface area contributed by atoms with Crippen LogP contribution in [0.2, 0.25) is 5.02 Å². The monoisotopic (exact) mass is 420 g/mol. The van der Waals surface area contributed by atoms with Crippen LogP contribution in [0.3, 0.4) is 0 Å². The molecule has 2 aromatic heterocycles.